The van der Waals surface area contributed by atoms with Crippen molar-refractivity contribution in [2.75, 3.05) is 25.0 Å². The van der Waals surface area contributed by atoms with Gasteiger partial charge < -0.3 is 10.6 Å². The van der Waals surface area contributed by atoms with Crippen molar-refractivity contribution in [3.05, 3.63) is 33.3 Å². The average Bonchev–Trinajstić information content (AvgIpc) is 2.39. The largest absolute Gasteiger partial charge is 0.379 e. The van der Waals surface area contributed by atoms with Crippen LogP contribution in [0.15, 0.2) is 18.2 Å². The third-order valence-corrected chi connectivity index (χ3v) is 3.74. The first kappa shape index (κ1) is 14.1. The van der Waals surface area contributed by atoms with Crippen LogP contribution in [0.2, 0.25) is 5.02 Å². The van der Waals surface area contributed by atoms with E-state index in [4.69, 9.17) is 11.6 Å². The molecule has 6 heteroatoms. The van der Waals surface area contributed by atoms with E-state index in [2.05, 4.69) is 10.6 Å². The second kappa shape index (κ2) is 6.73. The first-order valence-corrected chi connectivity index (χ1v) is 6.94. The Balaban J connectivity index is 1.92. The minimum atomic E-state index is -0.438. The molecule has 19 heavy (non-hydrogen) atoms. The molecule has 0 bridgehead atoms. The summed E-state index contributed by atoms with van der Waals surface area (Å²) >= 11 is 5.86. The van der Waals surface area contributed by atoms with Crippen LogP contribution in [0, 0.1) is 16.0 Å². The third kappa shape index (κ3) is 3.81. The summed E-state index contributed by atoms with van der Waals surface area (Å²) in [5, 5.41) is 17.6. The molecular weight excluding hydrogens is 266 g/mol. The number of piperidine rings is 1. The number of rotatable bonds is 5. The normalized spacial score (nSPS) is 19.1. The Bertz CT molecular complexity index is 448. The van der Waals surface area contributed by atoms with Gasteiger partial charge in [0, 0.05) is 6.54 Å². The molecule has 2 N–H and O–H groups in total. The van der Waals surface area contributed by atoms with Crippen molar-refractivity contribution in [1.29, 1.82) is 0 Å². The van der Waals surface area contributed by atoms with Crippen LogP contribution in [0.4, 0.5) is 11.4 Å². The Morgan fingerprint density at radius 3 is 3.05 bits per heavy atom. The van der Waals surface area contributed by atoms with Gasteiger partial charge in [0.2, 0.25) is 0 Å². The summed E-state index contributed by atoms with van der Waals surface area (Å²) in [6.07, 6.45) is 3.45. The molecular formula is C13H18ClN3O2. The van der Waals surface area contributed by atoms with Crippen LogP contribution in [-0.2, 0) is 0 Å². The van der Waals surface area contributed by atoms with Gasteiger partial charge in [-0.25, -0.2) is 0 Å². The molecule has 1 aromatic carbocycles. The standard InChI is InChI=1S/C13H18ClN3O2/c14-11-4-1-5-12(13(11)17(18)19)16-8-6-10-3-2-7-15-9-10/h1,4-5,10,15-16H,2-3,6-9H2. The maximum Gasteiger partial charge on any atom is 0.310 e. The number of nitrogens with zero attached hydrogens (tertiary/aromatic N) is 1. The van der Waals surface area contributed by atoms with Crippen LogP contribution in [-0.4, -0.2) is 24.6 Å². The van der Waals surface area contributed by atoms with Gasteiger partial charge in [0.25, 0.3) is 0 Å². The number of hydrogen-bond donors (Lipinski definition) is 2. The lowest BCUT2D eigenvalue weighted by Gasteiger charge is -2.22. The van der Waals surface area contributed by atoms with E-state index in [0.717, 1.165) is 26.1 Å². The lowest BCUT2D eigenvalue weighted by Crippen LogP contribution is -2.30. The molecule has 1 fully saturated rings. The van der Waals surface area contributed by atoms with Crippen LogP contribution in [0.1, 0.15) is 19.3 Å². The minimum Gasteiger partial charge on any atom is -0.379 e. The molecule has 2 rings (SSSR count). The molecule has 1 heterocycles. The van der Waals surface area contributed by atoms with Gasteiger partial charge in [-0.2, -0.15) is 0 Å². The molecule has 104 valence electrons. The van der Waals surface area contributed by atoms with E-state index in [1.807, 2.05) is 0 Å². The molecule has 0 aromatic heterocycles. The molecule has 1 unspecified atom stereocenters. The van der Waals surface area contributed by atoms with E-state index in [1.54, 1.807) is 12.1 Å². The van der Waals surface area contributed by atoms with Gasteiger partial charge in [-0.15, -0.1) is 0 Å². The van der Waals surface area contributed by atoms with Crippen LogP contribution >= 0.6 is 11.6 Å². The minimum absolute atomic E-state index is 0.0362. The lowest BCUT2D eigenvalue weighted by molar-refractivity contribution is -0.383. The average molecular weight is 284 g/mol. The van der Waals surface area contributed by atoms with Gasteiger partial charge in [-0.05, 0) is 50.4 Å². The molecule has 1 atom stereocenters. The lowest BCUT2D eigenvalue weighted by atomic mass is 9.96. The second-order valence-electron chi connectivity index (χ2n) is 4.82. The number of nitro benzene ring substituents is 1. The number of nitro groups is 1. The summed E-state index contributed by atoms with van der Waals surface area (Å²) in [4.78, 5) is 10.5. The molecule has 5 nitrogen and oxygen atoms in total. The quantitative estimate of drug-likeness (QED) is 0.644. The Kier molecular flexibility index (Phi) is 4.99. The number of nitrogens with one attached hydrogen (secondary N) is 2. The molecule has 1 aliphatic rings. The van der Waals surface area contributed by atoms with Crippen molar-refractivity contribution in [2.45, 2.75) is 19.3 Å². The predicted octanol–water partition coefficient (Wildman–Crippen LogP) is 3.05. The van der Waals surface area contributed by atoms with Gasteiger partial charge >= 0.3 is 5.69 Å². The summed E-state index contributed by atoms with van der Waals surface area (Å²) in [7, 11) is 0. The van der Waals surface area contributed by atoms with Gasteiger partial charge in [-0.1, -0.05) is 17.7 Å². The number of halogens is 1. The van der Waals surface area contributed by atoms with Crippen LogP contribution in [0.5, 0.6) is 0 Å². The highest BCUT2D eigenvalue weighted by atomic mass is 35.5. The maximum absolute atomic E-state index is 11.0. The Hall–Kier alpha value is -1.33. The summed E-state index contributed by atoms with van der Waals surface area (Å²) in [6.45, 7) is 2.87. The number of hydrogen-bond acceptors (Lipinski definition) is 4. The first-order chi connectivity index (χ1) is 9.18. The van der Waals surface area contributed by atoms with Crippen molar-refractivity contribution < 1.29 is 4.92 Å². The maximum atomic E-state index is 11.0. The number of benzene rings is 1. The molecule has 1 saturated heterocycles. The highest BCUT2D eigenvalue weighted by Crippen LogP contribution is 2.32. The van der Waals surface area contributed by atoms with Crippen molar-refractivity contribution in [3.8, 4) is 0 Å². The van der Waals surface area contributed by atoms with Crippen molar-refractivity contribution in [2.24, 2.45) is 5.92 Å². The molecule has 1 aromatic rings. The Labute approximate surface area is 117 Å². The third-order valence-electron chi connectivity index (χ3n) is 3.44. The van der Waals surface area contributed by atoms with Gasteiger partial charge in [-0.3, -0.25) is 10.1 Å². The van der Waals surface area contributed by atoms with E-state index in [1.165, 1.54) is 18.9 Å². The zero-order valence-corrected chi connectivity index (χ0v) is 11.4. The topological polar surface area (TPSA) is 67.2 Å². The number of para-hydroxylation sites is 1. The fourth-order valence-electron chi connectivity index (χ4n) is 2.42. The van der Waals surface area contributed by atoms with Crippen LogP contribution in [0.3, 0.4) is 0 Å². The monoisotopic (exact) mass is 283 g/mol. The van der Waals surface area contributed by atoms with Crippen molar-refractivity contribution >= 4 is 23.0 Å². The molecule has 0 saturated carbocycles. The molecule has 0 spiro atoms. The molecule has 1 aliphatic heterocycles. The zero-order valence-electron chi connectivity index (χ0n) is 10.7. The smallest absolute Gasteiger partial charge is 0.310 e. The van der Waals surface area contributed by atoms with Gasteiger partial charge in [0.1, 0.15) is 10.7 Å². The summed E-state index contributed by atoms with van der Waals surface area (Å²) < 4.78 is 0. The van der Waals surface area contributed by atoms with Crippen LogP contribution in [0.25, 0.3) is 0 Å². The van der Waals surface area contributed by atoms with Crippen molar-refractivity contribution in [3.63, 3.8) is 0 Å². The SMILES string of the molecule is O=[N+]([O-])c1c(Cl)cccc1NCCC1CCCNC1. The highest BCUT2D eigenvalue weighted by molar-refractivity contribution is 6.33. The van der Waals surface area contributed by atoms with E-state index in [0.29, 0.717) is 11.6 Å². The van der Waals surface area contributed by atoms with E-state index in [-0.39, 0.29) is 10.7 Å². The number of anilines is 1. The van der Waals surface area contributed by atoms with Gasteiger partial charge in [0.05, 0.1) is 4.92 Å². The van der Waals surface area contributed by atoms with E-state index < -0.39 is 4.92 Å². The summed E-state index contributed by atoms with van der Waals surface area (Å²) in [6, 6.07) is 4.96. The van der Waals surface area contributed by atoms with E-state index >= 15 is 0 Å². The predicted molar refractivity (Wildman–Crippen MR) is 76.8 cm³/mol. The summed E-state index contributed by atoms with van der Waals surface area (Å²) in [5.41, 5.74) is 0.465. The fraction of sp³-hybridized carbons (Fsp3) is 0.538. The highest BCUT2D eigenvalue weighted by Gasteiger charge is 2.18. The fourth-order valence-corrected chi connectivity index (χ4v) is 2.67. The molecule has 0 amide bonds. The molecule has 0 radical (unpaired) electrons. The van der Waals surface area contributed by atoms with Crippen molar-refractivity contribution in [1.82, 2.24) is 5.32 Å². The zero-order chi connectivity index (χ0) is 13.7. The Morgan fingerprint density at radius 2 is 2.37 bits per heavy atom. The first-order valence-electron chi connectivity index (χ1n) is 6.56. The van der Waals surface area contributed by atoms with Crippen LogP contribution < -0.4 is 10.6 Å². The summed E-state index contributed by atoms with van der Waals surface area (Å²) in [5.74, 6) is 0.652. The van der Waals surface area contributed by atoms with Gasteiger partial charge in [0.15, 0.2) is 0 Å². The Morgan fingerprint density at radius 1 is 1.53 bits per heavy atom. The second-order valence-corrected chi connectivity index (χ2v) is 5.23. The molecule has 0 aliphatic carbocycles. The van der Waals surface area contributed by atoms with E-state index in [9.17, 15) is 10.1 Å².